The van der Waals surface area contributed by atoms with Crippen LogP contribution in [0.1, 0.15) is 11.1 Å². The minimum atomic E-state index is -2.67. The van der Waals surface area contributed by atoms with E-state index in [0.29, 0.717) is 17.8 Å². The van der Waals surface area contributed by atoms with E-state index in [2.05, 4.69) is 33.1 Å². The van der Waals surface area contributed by atoms with E-state index in [-0.39, 0.29) is 48.0 Å². The van der Waals surface area contributed by atoms with Gasteiger partial charge in [-0.15, -0.1) is 0 Å². The third kappa shape index (κ3) is 8.99. The number of fused-ring (bicyclic) bond motifs is 2. The van der Waals surface area contributed by atoms with E-state index >= 15 is 0 Å². The number of carbonyl (C=O) groups is 1. The Balaban J connectivity index is 1.37. The molecule has 17 heteroatoms. The van der Waals surface area contributed by atoms with Gasteiger partial charge in [0.15, 0.2) is 11.8 Å². The van der Waals surface area contributed by atoms with Crippen LogP contribution in [0, 0.1) is 11.6 Å². The van der Waals surface area contributed by atoms with Gasteiger partial charge in [0, 0.05) is 34.1 Å². The highest BCUT2D eigenvalue weighted by Gasteiger charge is 2.49. The van der Waals surface area contributed by atoms with Crippen molar-refractivity contribution in [1.82, 2.24) is 14.5 Å². The first-order chi connectivity index (χ1) is 22.1. The van der Waals surface area contributed by atoms with Crippen LogP contribution in [0.15, 0.2) is 28.6 Å². The van der Waals surface area contributed by atoms with E-state index in [0.717, 1.165) is 24.0 Å². The van der Waals surface area contributed by atoms with Crippen molar-refractivity contribution in [1.29, 1.82) is 0 Å². The lowest BCUT2D eigenvalue weighted by atomic mass is 10.1. The average Bonchev–Trinajstić information content (AvgIpc) is 3.63. The fourth-order valence-electron chi connectivity index (χ4n) is 4.85. The first kappa shape index (κ1) is 35.4. The summed E-state index contributed by atoms with van der Waals surface area (Å²) in [6.45, 7) is 0.281. The maximum absolute atomic E-state index is 15.0. The Morgan fingerprint density at radius 2 is 1.83 bits per heavy atom. The van der Waals surface area contributed by atoms with Crippen LogP contribution in [0.4, 0.5) is 8.78 Å². The smallest absolute Gasteiger partial charge is 0.301 e. The Morgan fingerprint density at radius 1 is 1.13 bits per heavy atom. The third-order valence-electron chi connectivity index (χ3n) is 7.15. The Kier molecular flexibility index (Phi) is 10.8. The maximum Gasteiger partial charge on any atom is 0.301 e. The quantitative estimate of drug-likeness (QED) is 0.217. The fourth-order valence-corrected chi connectivity index (χ4v) is 6.16. The van der Waals surface area contributed by atoms with Crippen molar-refractivity contribution >= 4 is 54.5 Å². The second-order valence-electron chi connectivity index (χ2n) is 12.3. The van der Waals surface area contributed by atoms with Gasteiger partial charge in [0.05, 0.1) is 25.4 Å². The SMILES string of the molecule is CS(C)(C)CCOCn1c(O[C@@H]2CO[C@H]3[C@@H]2OC[C@H]3O)nc2cc(Cl)c(OCc3c(F)cc(/C=C/C(=O)N=S(C)(C)=O)cc3F)nc21. The molecule has 1 amide bonds. The van der Waals surface area contributed by atoms with Crippen LogP contribution in [0.2, 0.25) is 5.02 Å². The van der Waals surface area contributed by atoms with Gasteiger partial charge >= 0.3 is 6.01 Å². The molecule has 47 heavy (non-hydrogen) atoms. The number of aliphatic hydroxyl groups excluding tert-OH is 1. The molecule has 5 rings (SSSR count). The number of aromatic nitrogens is 3. The van der Waals surface area contributed by atoms with Gasteiger partial charge in [-0.1, -0.05) is 11.6 Å². The molecule has 2 saturated heterocycles. The lowest BCUT2D eigenvalue weighted by Crippen LogP contribution is -2.35. The number of carbonyl (C=O) groups excluding carboxylic acids is 1. The zero-order valence-corrected chi connectivity index (χ0v) is 28.9. The monoisotopic (exact) mass is 718 g/mol. The topological polar surface area (TPSA) is 144 Å². The molecule has 2 aliphatic rings. The second kappa shape index (κ2) is 14.3. The van der Waals surface area contributed by atoms with E-state index in [1.165, 1.54) is 24.7 Å². The Bertz CT molecular complexity index is 1780. The van der Waals surface area contributed by atoms with Gasteiger partial charge in [-0.05, 0) is 48.6 Å². The van der Waals surface area contributed by atoms with E-state index in [1.54, 1.807) is 4.57 Å². The first-order valence-corrected chi connectivity index (χ1v) is 20.2. The summed E-state index contributed by atoms with van der Waals surface area (Å²) in [6, 6.07) is 3.71. The van der Waals surface area contributed by atoms with Crippen LogP contribution in [-0.2, 0) is 42.1 Å². The molecule has 0 unspecified atom stereocenters. The molecule has 0 spiro atoms. The van der Waals surface area contributed by atoms with Crippen LogP contribution in [-0.4, -0.2) is 111 Å². The first-order valence-electron chi connectivity index (χ1n) is 14.5. The van der Waals surface area contributed by atoms with E-state index in [9.17, 15) is 22.9 Å². The van der Waals surface area contributed by atoms with Crippen molar-refractivity contribution in [2.45, 2.75) is 37.8 Å². The van der Waals surface area contributed by atoms with Crippen molar-refractivity contribution in [3.8, 4) is 11.9 Å². The number of rotatable bonds is 12. The Morgan fingerprint density at radius 3 is 2.51 bits per heavy atom. The molecule has 2 aromatic heterocycles. The number of ether oxygens (including phenoxy) is 5. The van der Waals surface area contributed by atoms with Gasteiger partial charge in [0.25, 0.3) is 5.91 Å². The number of pyridine rings is 1. The number of amides is 1. The molecule has 4 atom stereocenters. The standard InChI is InChI=1S/C30H37ClF2N4O8S2/c1-46(2,3)9-8-41-16-37-28-22(34-30(37)45-24-15-43-26-23(38)14-42-27(24)26)12-19(31)29(35-28)44-13-18-20(32)10-17(11-21(18)33)6-7-25(39)36-47(4,5)40/h6-7,10-12,23-24,26-27,38H,8-9,13-16H2,1-5H3/b7-6+/t23-,24-,26-,27-/m1/s1. The molecule has 0 saturated carbocycles. The minimum Gasteiger partial charge on any atom is -0.471 e. The molecular formula is C30H37ClF2N4O8S2. The van der Waals surface area contributed by atoms with Crippen molar-refractivity contribution in [3.05, 3.63) is 52.1 Å². The summed E-state index contributed by atoms with van der Waals surface area (Å²) in [5.74, 6) is -1.87. The molecule has 0 bridgehead atoms. The van der Waals surface area contributed by atoms with E-state index in [1.807, 2.05) is 0 Å². The van der Waals surface area contributed by atoms with Crippen molar-refractivity contribution in [3.63, 3.8) is 0 Å². The van der Waals surface area contributed by atoms with Crippen LogP contribution in [0.5, 0.6) is 11.9 Å². The normalized spacial score (nSPS) is 21.8. The van der Waals surface area contributed by atoms with Gasteiger partial charge in [0.1, 0.15) is 53.8 Å². The number of aliphatic hydroxyl groups is 1. The minimum absolute atomic E-state index is 0.0300. The predicted molar refractivity (Wildman–Crippen MR) is 176 cm³/mol. The number of benzene rings is 1. The van der Waals surface area contributed by atoms with Crippen LogP contribution in [0.3, 0.4) is 0 Å². The highest BCUT2D eigenvalue weighted by atomic mass is 35.5. The zero-order valence-electron chi connectivity index (χ0n) is 26.5. The number of halogens is 3. The van der Waals surface area contributed by atoms with Crippen molar-refractivity contribution < 1.29 is 46.6 Å². The molecule has 0 radical (unpaired) electrons. The number of nitrogens with zero attached hydrogens (tertiary/aromatic N) is 4. The van der Waals surface area contributed by atoms with E-state index in [4.69, 9.17) is 35.3 Å². The summed E-state index contributed by atoms with van der Waals surface area (Å²) in [7, 11) is -3.48. The van der Waals surface area contributed by atoms with Gasteiger partial charge in [-0.25, -0.2) is 23.0 Å². The summed E-state index contributed by atoms with van der Waals surface area (Å²) in [5, 5.41) is 10.2. The lowest BCUT2D eigenvalue weighted by Gasteiger charge is -2.24. The average molecular weight is 719 g/mol. The van der Waals surface area contributed by atoms with Crippen molar-refractivity contribution in [2.75, 3.05) is 56.9 Å². The van der Waals surface area contributed by atoms with Gasteiger partial charge in [-0.2, -0.15) is 14.3 Å². The molecule has 1 N–H and O–H groups in total. The largest absolute Gasteiger partial charge is 0.471 e. The molecule has 12 nitrogen and oxygen atoms in total. The summed E-state index contributed by atoms with van der Waals surface area (Å²) in [4.78, 5) is 20.9. The second-order valence-corrected chi connectivity index (χ2v) is 19.8. The molecule has 258 valence electrons. The highest BCUT2D eigenvalue weighted by molar-refractivity contribution is 8.32. The Hall–Kier alpha value is -2.86. The molecule has 3 aromatic rings. The molecule has 1 aromatic carbocycles. The van der Waals surface area contributed by atoms with Crippen LogP contribution >= 0.6 is 21.6 Å². The molecular weight excluding hydrogens is 682 g/mol. The van der Waals surface area contributed by atoms with Crippen LogP contribution < -0.4 is 9.47 Å². The summed E-state index contributed by atoms with van der Waals surface area (Å²) >= 11 is 6.46. The van der Waals surface area contributed by atoms with Gasteiger partial charge in [-0.3, -0.25) is 9.36 Å². The number of imidazole rings is 1. The molecule has 4 heterocycles. The van der Waals surface area contributed by atoms with Crippen molar-refractivity contribution in [2.24, 2.45) is 4.36 Å². The summed E-state index contributed by atoms with van der Waals surface area (Å²) in [6.07, 6.45) is 9.02. The molecule has 2 fully saturated rings. The highest BCUT2D eigenvalue weighted by Crippen LogP contribution is 2.35. The number of hydrogen-bond donors (Lipinski definition) is 1. The van der Waals surface area contributed by atoms with Gasteiger partial charge in [0.2, 0.25) is 5.88 Å². The predicted octanol–water partition coefficient (Wildman–Crippen LogP) is 3.78. The zero-order chi connectivity index (χ0) is 34.1. The summed E-state index contributed by atoms with van der Waals surface area (Å²) < 4.78 is 75.9. The molecule has 0 aliphatic carbocycles. The van der Waals surface area contributed by atoms with E-state index < -0.39 is 68.3 Å². The van der Waals surface area contributed by atoms with Gasteiger partial charge < -0.3 is 28.8 Å². The Labute approximate surface area is 277 Å². The number of hydrogen-bond acceptors (Lipinski definition) is 10. The lowest BCUT2D eigenvalue weighted by molar-refractivity contribution is -0.113. The molecule has 2 aliphatic heterocycles. The fraction of sp³-hybridized carbons (Fsp3) is 0.500. The van der Waals surface area contributed by atoms with Crippen LogP contribution in [0.25, 0.3) is 17.2 Å². The summed E-state index contributed by atoms with van der Waals surface area (Å²) in [5.41, 5.74) is 0.331. The third-order valence-corrected chi connectivity index (χ3v) is 9.43. The maximum atomic E-state index is 15.0.